The molecule has 0 aliphatic rings. The number of rotatable bonds is 8. The summed E-state index contributed by atoms with van der Waals surface area (Å²) in [6.45, 7) is 8.05. The largest absolute Gasteiger partial charge is 0.486 e. The highest BCUT2D eigenvalue weighted by Crippen LogP contribution is 2.42. The molecule has 1 aromatic heterocycles. The first-order valence-electron chi connectivity index (χ1n) is 6.40. The predicted molar refractivity (Wildman–Crippen MR) is 78.8 cm³/mol. The Morgan fingerprint density at radius 2 is 2.21 bits per heavy atom. The summed E-state index contributed by atoms with van der Waals surface area (Å²) in [5.41, 5.74) is 6.34. The fourth-order valence-corrected chi connectivity index (χ4v) is 2.38. The lowest BCUT2D eigenvalue weighted by Gasteiger charge is -2.12. The van der Waals surface area contributed by atoms with Crippen LogP contribution in [0.4, 0.5) is 10.7 Å². The second kappa shape index (κ2) is 7.87. The molecule has 0 aliphatic heterocycles. The number of nitrogens with zero attached hydrogens (tertiary/aromatic N) is 1. The Kier molecular flexibility index (Phi) is 6.46. The number of nitrogens with two attached hydrogens (primary N) is 1. The molecule has 5 nitrogen and oxygen atoms in total. The summed E-state index contributed by atoms with van der Waals surface area (Å²) in [6, 6.07) is 2.09. The fraction of sp³-hybridized carbons (Fsp3) is 0.615. The molecule has 1 aromatic rings. The van der Waals surface area contributed by atoms with Gasteiger partial charge in [0.2, 0.25) is 0 Å². The third kappa shape index (κ3) is 4.62. The van der Waals surface area contributed by atoms with E-state index >= 15 is 0 Å². The van der Waals surface area contributed by atoms with Gasteiger partial charge in [-0.1, -0.05) is 0 Å². The van der Waals surface area contributed by atoms with Gasteiger partial charge >= 0.3 is 0 Å². The zero-order valence-electron chi connectivity index (χ0n) is 11.7. The Bertz CT molecular complexity index is 438. The number of nitriles is 1. The average Bonchev–Trinajstić information content (AvgIpc) is 2.66. The van der Waals surface area contributed by atoms with Crippen molar-refractivity contribution in [2.75, 3.05) is 30.8 Å². The molecule has 0 aromatic carbocycles. The number of ether oxygens (including phenoxy) is 2. The lowest BCUT2D eigenvalue weighted by Crippen LogP contribution is -2.10. The number of nitrogen functional groups attached to an aromatic ring is 1. The molecular formula is C13H21N3O2S. The molecule has 0 amide bonds. The first-order chi connectivity index (χ1) is 9.10. The van der Waals surface area contributed by atoms with Crippen LogP contribution in [-0.2, 0) is 4.74 Å². The summed E-state index contributed by atoms with van der Waals surface area (Å²) in [5, 5.41) is 13.1. The second-order valence-electron chi connectivity index (χ2n) is 4.26. The molecule has 0 radical (unpaired) electrons. The zero-order chi connectivity index (χ0) is 14.3. The van der Waals surface area contributed by atoms with Crippen LogP contribution in [0.2, 0.25) is 0 Å². The Morgan fingerprint density at radius 3 is 2.79 bits per heavy atom. The first kappa shape index (κ1) is 15.6. The summed E-state index contributed by atoms with van der Waals surface area (Å²) >= 11 is 1.33. The van der Waals surface area contributed by atoms with E-state index in [2.05, 4.69) is 11.4 Å². The van der Waals surface area contributed by atoms with E-state index < -0.39 is 0 Å². The standard InChI is InChI=1S/C13H21N3O2S/c1-4-17-7-5-6-16-13-12(18-9(2)3)11(15)10(8-14)19-13/h9,16H,4-7,15H2,1-3H3. The molecule has 0 saturated heterocycles. The smallest absolute Gasteiger partial charge is 0.178 e. The highest BCUT2D eigenvalue weighted by atomic mass is 32.1. The number of hydrogen-bond acceptors (Lipinski definition) is 6. The quantitative estimate of drug-likeness (QED) is 0.717. The van der Waals surface area contributed by atoms with E-state index in [0.717, 1.165) is 31.2 Å². The second-order valence-corrected chi connectivity index (χ2v) is 5.28. The van der Waals surface area contributed by atoms with Gasteiger partial charge in [-0.3, -0.25) is 0 Å². The van der Waals surface area contributed by atoms with Gasteiger partial charge in [-0.25, -0.2) is 0 Å². The normalized spacial score (nSPS) is 10.5. The predicted octanol–water partition coefficient (Wildman–Crippen LogP) is 2.83. The van der Waals surface area contributed by atoms with Gasteiger partial charge in [-0.15, -0.1) is 11.3 Å². The van der Waals surface area contributed by atoms with Gasteiger partial charge in [-0.2, -0.15) is 5.26 Å². The van der Waals surface area contributed by atoms with Crippen LogP contribution in [-0.4, -0.2) is 25.9 Å². The average molecular weight is 283 g/mol. The Hall–Kier alpha value is -1.45. The Balaban J connectivity index is 2.67. The molecule has 0 spiro atoms. The maximum absolute atomic E-state index is 9.01. The van der Waals surface area contributed by atoms with Crippen molar-refractivity contribution in [3.8, 4) is 11.8 Å². The summed E-state index contributed by atoms with van der Waals surface area (Å²) in [7, 11) is 0. The summed E-state index contributed by atoms with van der Waals surface area (Å²) < 4.78 is 10.9. The van der Waals surface area contributed by atoms with Gasteiger partial charge in [0.05, 0.1) is 6.10 Å². The molecule has 106 valence electrons. The van der Waals surface area contributed by atoms with E-state index in [0.29, 0.717) is 16.3 Å². The van der Waals surface area contributed by atoms with Gasteiger partial charge in [0, 0.05) is 19.8 Å². The minimum atomic E-state index is 0.0208. The number of thiophene rings is 1. The highest BCUT2D eigenvalue weighted by molar-refractivity contribution is 7.17. The molecule has 0 atom stereocenters. The van der Waals surface area contributed by atoms with Crippen molar-refractivity contribution >= 4 is 22.0 Å². The number of nitrogens with one attached hydrogen (secondary N) is 1. The minimum absolute atomic E-state index is 0.0208. The van der Waals surface area contributed by atoms with Crippen molar-refractivity contribution in [3.63, 3.8) is 0 Å². The lowest BCUT2D eigenvalue weighted by molar-refractivity contribution is 0.147. The van der Waals surface area contributed by atoms with Crippen molar-refractivity contribution in [2.45, 2.75) is 33.3 Å². The molecule has 0 fully saturated rings. The van der Waals surface area contributed by atoms with E-state index in [1.54, 1.807) is 0 Å². The van der Waals surface area contributed by atoms with Crippen LogP contribution in [0.1, 0.15) is 32.1 Å². The molecular weight excluding hydrogens is 262 g/mol. The van der Waals surface area contributed by atoms with Gasteiger partial charge < -0.3 is 20.5 Å². The van der Waals surface area contributed by atoms with Gasteiger partial charge in [-0.05, 0) is 27.2 Å². The Labute approximate surface area is 118 Å². The molecule has 19 heavy (non-hydrogen) atoms. The molecule has 1 heterocycles. The lowest BCUT2D eigenvalue weighted by atomic mass is 10.3. The van der Waals surface area contributed by atoms with Crippen molar-refractivity contribution < 1.29 is 9.47 Å². The maximum Gasteiger partial charge on any atom is 0.178 e. The van der Waals surface area contributed by atoms with Crippen LogP contribution in [0, 0.1) is 11.3 Å². The first-order valence-corrected chi connectivity index (χ1v) is 7.22. The minimum Gasteiger partial charge on any atom is -0.486 e. The molecule has 0 aliphatic carbocycles. The molecule has 1 rings (SSSR count). The van der Waals surface area contributed by atoms with E-state index in [9.17, 15) is 0 Å². The summed E-state index contributed by atoms with van der Waals surface area (Å²) in [5.74, 6) is 0.591. The number of hydrogen-bond donors (Lipinski definition) is 2. The van der Waals surface area contributed by atoms with Crippen molar-refractivity contribution in [3.05, 3.63) is 4.88 Å². The third-order valence-corrected chi connectivity index (χ3v) is 3.36. The molecule has 0 bridgehead atoms. The molecule has 6 heteroatoms. The van der Waals surface area contributed by atoms with E-state index in [1.165, 1.54) is 11.3 Å². The van der Waals surface area contributed by atoms with Gasteiger partial charge in [0.25, 0.3) is 0 Å². The van der Waals surface area contributed by atoms with Crippen LogP contribution >= 0.6 is 11.3 Å². The fourth-order valence-electron chi connectivity index (χ4n) is 1.50. The topological polar surface area (TPSA) is 80.3 Å². The van der Waals surface area contributed by atoms with Crippen LogP contribution in [0.3, 0.4) is 0 Å². The van der Waals surface area contributed by atoms with E-state index in [4.69, 9.17) is 20.5 Å². The third-order valence-electron chi connectivity index (χ3n) is 2.31. The van der Waals surface area contributed by atoms with Gasteiger partial charge in [0.15, 0.2) is 5.75 Å². The Morgan fingerprint density at radius 1 is 1.47 bits per heavy atom. The van der Waals surface area contributed by atoms with Crippen molar-refractivity contribution in [1.29, 1.82) is 5.26 Å². The van der Waals surface area contributed by atoms with Crippen LogP contribution in [0.15, 0.2) is 0 Å². The van der Waals surface area contributed by atoms with Gasteiger partial charge in [0.1, 0.15) is 21.6 Å². The molecule has 0 saturated carbocycles. The van der Waals surface area contributed by atoms with E-state index in [1.807, 2.05) is 20.8 Å². The molecule has 3 N–H and O–H groups in total. The maximum atomic E-state index is 9.01. The summed E-state index contributed by atoms with van der Waals surface area (Å²) in [4.78, 5) is 0.489. The van der Waals surface area contributed by atoms with Crippen molar-refractivity contribution in [1.82, 2.24) is 0 Å². The highest BCUT2D eigenvalue weighted by Gasteiger charge is 2.18. The van der Waals surface area contributed by atoms with Crippen LogP contribution in [0.25, 0.3) is 0 Å². The summed E-state index contributed by atoms with van der Waals surface area (Å²) in [6.07, 6.45) is 0.918. The van der Waals surface area contributed by atoms with Crippen LogP contribution in [0.5, 0.6) is 5.75 Å². The number of anilines is 2. The van der Waals surface area contributed by atoms with Crippen LogP contribution < -0.4 is 15.8 Å². The monoisotopic (exact) mass is 283 g/mol. The van der Waals surface area contributed by atoms with E-state index in [-0.39, 0.29) is 6.10 Å². The molecule has 0 unspecified atom stereocenters. The zero-order valence-corrected chi connectivity index (χ0v) is 12.5. The SMILES string of the molecule is CCOCCCNc1sc(C#N)c(N)c1OC(C)C. The van der Waals surface area contributed by atoms with Crippen molar-refractivity contribution in [2.24, 2.45) is 0 Å².